The smallest absolute Gasteiger partial charge is 0.415 e. The van der Waals surface area contributed by atoms with Gasteiger partial charge in [0.25, 0.3) is 0 Å². The summed E-state index contributed by atoms with van der Waals surface area (Å²) < 4.78 is 10.3. The highest BCUT2D eigenvalue weighted by Crippen LogP contribution is 2.35. The highest BCUT2D eigenvalue weighted by molar-refractivity contribution is 6.11. The molecule has 0 saturated carbocycles. The zero-order chi connectivity index (χ0) is 26.6. The number of ether oxygens (including phenoxy) is 2. The number of aromatic nitrogens is 1. The second kappa shape index (κ2) is 10.3. The van der Waals surface area contributed by atoms with Crippen molar-refractivity contribution in [2.75, 3.05) is 18.6 Å². The molecule has 9 heteroatoms. The van der Waals surface area contributed by atoms with Crippen molar-refractivity contribution in [2.45, 2.75) is 26.4 Å². The van der Waals surface area contributed by atoms with Crippen molar-refractivity contribution in [3.05, 3.63) is 71.9 Å². The Balaban J connectivity index is 2.29. The molecule has 0 saturated heterocycles. The molecule has 1 aromatic heterocycles. The molecule has 1 N–H and O–H groups in total. The Hall–Kier alpha value is -4.71. The summed E-state index contributed by atoms with van der Waals surface area (Å²) in [7, 11) is 1.26. The summed E-state index contributed by atoms with van der Waals surface area (Å²) in [6.45, 7) is 8.43. The molecule has 3 aromatic rings. The van der Waals surface area contributed by atoms with Crippen LogP contribution in [0.15, 0.2) is 60.7 Å². The van der Waals surface area contributed by atoms with Crippen molar-refractivity contribution in [1.29, 1.82) is 5.26 Å². The summed E-state index contributed by atoms with van der Waals surface area (Å²) >= 11 is 0. The van der Waals surface area contributed by atoms with Gasteiger partial charge in [0.15, 0.2) is 0 Å². The predicted molar refractivity (Wildman–Crippen MR) is 134 cm³/mol. The highest BCUT2D eigenvalue weighted by Gasteiger charge is 2.29. The van der Waals surface area contributed by atoms with Crippen LogP contribution in [0.25, 0.3) is 22.0 Å². The van der Waals surface area contributed by atoms with Gasteiger partial charge in [-0.25, -0.2) is 19.4 Å². The van der Waals surface area contributed by atoms with Crippen LogP contribution in [0.3, 0.4) is 0 Å². The maximum atomic E-state index is 13.2. The molecule has 0 unspecified atom stereocenters. The first-order valence-corrected chi connectivity index (χ1v) is 10.9. The molecule has 2 aromatic carbocycles. The summed E-state index contributed by atoms with van der Waals surface area (Å²) in [6, 6.07) is 15.0. The number of carboxylic acids is 1. The van der Waals surface area contributed by atoms with Crippen molar-refractivity contribution >= 4 is 34.5 Å². The van der Waals surface area contributed by atoms with E-state index in [4.69, 9.17) is 9.47 Å². The fraction of sp³-hybridized carbons (Fsp3) is 0.222. The lowest BCUT2D eigenvalue weighted by Crippen LogP contribution is -2.38. The van der Waals surface area contributed by atoms with E-state index >= 15 is 0 Å². The molecule has 0 fully saturated rings. The van der Waals surface area contributed by atoms with Gasteiger partial charge in [0.2, 0.25) is 0 Å². The van der Waals surface area contributed by atoms with Crippen LogP contribution in [0.5, 0.6) is 0 Å². The van der Waals surface area contributed by atoms with E-state index in [-0.39, 0.29) is 29.1 Å². The Morgan fingerprint density at radius 1 is 1.14 bits per heavy atom. The van der Waals surface area contributed by atoms with Gasteiger partial charge in [-0.05, 0) is 50.4 Å². The summed E-state index contributed by atoms with van der Waals surface area (Å²) in [5, 5.41) is 20.3. The number of hydrogen-bond donors (Lipinski definition) is 1. The zero-order valence-electron chi connectivity index (χ0n) is 20.4. The fourth-order valence-electron chi connectivity index (χ4n) is 3.52. The quantitative estimate of drug-likeness (QED) is 0.370. The number of nitriles is 1. The number of hydrogen-bond acceptors (Lipinski definition) is 7. The van der Waals surface area contributed by atoms with Gasteiger partial charge in [-0.2, -0.15) is 5.26 Å². The lowest BCUT2D eigenvalue weighted by atomic mass is 9.99. The third kappa shape index (κ3) is 5.67. The average molecular weight is 488 g/mol. The lowest BCUT2D eigenvalue weighted by Gasteiger charge is -2.29. The Morgan fingerprint density at radius 3 is 2.44 bits per heavy atom. The first kappa shape index (κ1) is 25.9. The van der Waals surface area contributed by atoms with Gasteiger partial charge in [-0.3, -0.25) is 4.90 Å². The van der Waals surface area contributed by atoms with E-state index in [0.717, 1.165) is 4.90 Å². The maximum Gasteiger partial charge on any atom is 0.415 e. The average Bonchev–Trinajstić information content (AvgIpc) is 2.84. The summed E-state index contributed by atoms with van der Waals surface area (Å²) in [5.74, 6) is -1.86. The molecule has 0 bridgehead atoms. The van der Waals surface area contributed by atoms with E-state index in [1.807, 2.05) is 6.07 Å². The van der Waals surface area contributed by atoms with Crippen molar-refractivity contribution < 1.29 is 29.0 Å². The minimum absolute atomic E-state index is 0.0396. The van der Waals surface area contributed by atoms with Gasteiger partial charge < -0.3 is 14.6 Å². The number of esters is 1. The van der Waals surface area contributed by atoms with Gasteiger partial charge in [0.1, 0.15) is 11.3 Å². The minimum Gasteiger partial charge on any atom is -0.478 e. The number of carbonyl (C=O) groups excluding carboxylic acids is 2. The molecule has 0 spiro atoms. The first-order chi connectivity index (χ1) is 16.9. The largest absolute Gasteiger partial charge is 0.478 e. The van der Waals surface area contributed by atoms with Crippen LogP contribution < -0.4 is 4.90 Å². The van der Waals surface area contributed by atoms with E-state index in [2.05, 4.69) is 11.6 Å². The molecule has 9 nitrogen and oxygen atoms in total. The zero-order valence-corrected chi connectivity index (χ0v) is 20.4. The van der Waals surface area contributed by atoms with Crippen molar-refractivity contribution in [3.8, 4) is 17.3 Å². The number of rotatable bonds is 6. The Morgan fingerprint density at radius 2 is 1.83 bits per heavy atom. The molecule has 0 aliphatic heterocycles. The Labute approximate surface area is 208 Å². The number of benzene rings is 2. The molecule has 3 rings (SSSR count). The van der Waals surface area contributed by atoms with E-state index < -0.39 is 23.6 Å². The number of amides is 1. The molecular formula is C27H25N3O6. The van der Waals surface area contributed by atoms with Gasteiger partial charge >= 0.3 is 18.0 Å². The number of carboxylic acid groups (broad SMARTS) is 1. The molecule has 184 valence electrons. The molecule has 0 atom stereocenters. The van der Waals surface area contributed by atoms with Gasteiger partial charge in [-0.1, -0.05) is 30.8 Å². The first-order valence-electron chi connectivity index (χ1n) is 10.9. The van der Waals surface area contributed by atoms with Crippen LogP contribution in [0.2, 0.25) is 0 Å². The van der Waals surface area contributed by atoms with Crippen molar-refractivity contribution in [3.63, 3.8) is 0 Å². The molecule has 0 aliphatic carbocycles. The lowest BCUT2D eigenvalue weighted by molar-refractivity contribution is 0.0577. The van der Waals surface area contributed by atoms with Gasteiger partial charge in [0, 0.05) is 16.5 Å². The summed E-state index contributed by atoms with van der Waals surface area (Å²) in [6.07, 6.45) is -0.829. The monoisotopic (exact) mass is 487 g/mol. The Kier molecular flexibility index (Phi) is 7.39. The number of methoxy groups -OCH3 is 1. The molecule has 1 amide bonds. The molecule has 0 radical (unpaired) electrons. The van der Waals surface area contributed by atoms with Gasteiger partial charge in [-0.15, -0.1) is 0 Å². The highest BCUT2D eigenvalue weighted by atomic mass is 16.6. The number of anilines is 1. The predicted octanol–water partition coefficient (Wildman–Crippen LogP) is 5.21. The van der Waals surface area contributed by atoms with E-state index in [1.54, 1.807) is 57.2 Å². The standard InChI is InChI=1S/C27H25N3O6/c1-16(14-28)15-30(26(34)36-27(2,3)4)23-19(24(31)32)12-11-17-9-10-18(13-20(17)23)21-7-6-8-22(29-21)25(33)35-5/h6-13H,1,15H2,2-5H3,(H,31,32). The maximum absolute atomic E-state index is 13.2. The van der Waals surface area contributed by atoms with Crippen LogP contribution in [0.4, 0.5) is 10.5 Å². The van der Waals surface area contributed by atoms with Crippen LogP contribution in [-0.2, 0) is 9.47 Å². The topological polar surface area (TPSA) is 130 Å². The van der Waals surface area contributed by atoms with Crippen molar-refractivity contribution in [1.82, 2.24) is 4.98 Å². The normalized spacial score (nSPS) is 10.9. The number of aromatic carboxylic acids is 1. The molecule has 0 aliphatic rings. The van der Waals surface area contributed by atoms with Crippen LogP contribution >= 0.6 is 0 Å². The van der Waals surface area contributed by atoms with Crippen molar-refractivity contribution in [2.24, 2.45) is 0 Å². The SMILES string of the molecule is C=C(C#N)CN(C(=O)OC(C)(C)C)c1c(C(=O)O)ccc2ccc(-c3cccc(C(=O)OC)n3)cc12. The molecular weight excluding hydrogens is 462 g/mol. The number of fused-ring (bicyclic) bond motifs is 1. The second-order valence-corrected chi connectivity index (χ2v) is 8.88. The van der Waals surface area contributed by atoms with E-state index in [9.17, 15) is 24.8 Å². The second-order valence-electron chi connectivity index (χ2n) is 8.88. The number of pyridine rings is 1. The minimum atomic E-state index is -1.26. The molecule has 36 heavy (non-hydrogen) atoms. The number of nitrogens with zero attached hydrogens (tertiary/aromatic N) is 3. The third-order valence-electron chi connectivity index (χ3n) is 5.05. The van der Waals surface area contributed by atoms with Crippen LogP contribution in [0.1, 0.15) is 41.6 Å². The number of carbonyl (C=O) groups is 3. The fourth-order valence-corrected chi connectivity index (χ4v) is 3.52. The van der Waals surface area contributed by atoms with Crippen LogP contribution in [-0.4, -0.2) is 47.4 Å². The summed E-state index contributed by atoms with van der Waals surface area (Å²) in [4.78, 5) is 42.8. The van der Waals surface area contributed by atoms with Crippen LogP contribution in [0, 0.1) is 11.3 Å². The van der Waals surface area contributed by atoms with Gasteiger partial charge in [0.05, 0.1) is 36.7 Å². The third-order valence-corrected chi connectivity index (χ3v) is 5.05. The molecule has 1 heterocycles. The Bertz CT molecular complexity index is 1420. The summed E-state index contributed by atoms with van der Waals surface area (Å²) in [5.41, 5.74) is 0.176. The van der Waals surface area contributed by atoms with E-state index in [0.29, 0.717) is 22.0 Å². The van der Waals surface area contributed by atoms with E-state index in [1.165, 1.54) is 19.2 Å².